The van der Waals surface area contributed by atoms with Crippen molar-refractivity contribution in [2.24, 2.45) is 0 Å². The molecule has 2 aliphatic heterocycles. The molecule has 2 aliphatic rings. The normalized spacial score (nSPS) is 32.2. The summed E-state index contributed by atoms with van der Waals surface area (Å²) < 4.78 is 11.2. The van der Waals surface area contributed by atoms with Crippen LogP contribution in [0.2, 0.25) is 0 Å². The maximum Gasteiger partial charge on any atom is 0.234 e. The monoisotopic (exact) mass is 332 g/mol. The van der Waals surface area contributed by atoms with Crippen molar-refractivity contribution in [2.45, 2.75) is 43.5 Å². The molecule has 7 nitrogen and oxygen atoms in total. The molecule has 0 amide bonds. The second kappa shape index (κ2) is 6.89. The van der Waals surface area contributed by atoms with E-state index in [4.69, 9.17) is 14.3 Å². The lowest BCUT2D eigenvalue weighted by Crippen LogP contribution is -2.69. The van der Waals surface area contributed by atoms with Gasteiger partial charge in [-0.2, -0.15) is 10.7 Å². The van der Waals surface area contributed by atoms with Gasteiger partial charge in [0.25, 0.3) is 0 Å². The van der Waals surface area contributed by atoms with Crippen molar-refractivity contribution < 1.29 is 24.5 Å². The smallest absolute Gasteiger partial charge is 0.234 e. The molecule has 0 saturated carbocycles. The zero-order chi connectivity index (χ0) is 17.2. The number of ether oxygens (including phenoxy) is 2. The van der Waals surface area contributed by atoms with E-state index in [2.05, 4.69) is 5.48 Å². The molecule has 1 saturated heterocycles. The predicted octanol–water partition coefficient (Wildman–Crippen LogP) is 0.743. The fourth-order valence-electron chi connectivity index (χ4n) is 3.11. The van der Waals surface area contributed by atoms with E-state index in [1.165, 1.54) is 7.11 Å². The summed E-state index contributed by atoms with van der Waals surface area (Å²) in [6, 6.07) is 11.6. The van der Waals surface area contributed by atoms with Gasteiger partial charge in [-0.1, -0.05) is 30.3 Å². The average Bonchev–Trinajstić information content (AvgIpc) is 2.61. The summed E-state index contributed by atoms with van der Waals surface area (Å²) in [6.45, 7) is 0.266. The van der Waals surface area contributed by atoms with Crippen LogP contribution in [-0.4, -0.2) is 41.4 Å². The summed E-state index contributed by atoms with van der Waals surface area (Å²) in [4.78, 5) is 5.54. The van der Waals surface area contributed by atoms with E-state index in [1.54, 1.807) is 0 Å². The Kier molecular flexibility index (Phi) is 4.85. The molecule has 0 spiro atoms. The lowest BCUT2D eigenvalue weighted by Gasteiger charge is -2.50. The molecule has 2 heterocycles. The van der Waals surface area contributed by atoms with Crippen LogP contribution in [0.3, 0.4) is 0 Å². The number of nitriles is 1. The van der Waals surface area contributed by atoms with Crippen LogP contribution in [0.1, 0.15) is 18.4 Å². The van der Waals surface area contributed by atoms with E-state index < -0.39 is 24.0 Å². The number of hydrogen-bond acceptors (Lipinski definition) is 7. The van der Waals surface area contributed by atoms with Crippen molar-refractivity contribution in [1.82, 2.24) is 5.48 Å². The number of nitrogens with zero attached hydrogens (tertiary/aromatic N) is 1. The summed E-state index contributed by atoms with van der Waals surface area (Å²) in [7, 11) is 1.48. The van der Waals surface area contributed by atoms with Crippen LogP contribution < -0.4 is 5.48 Å². The minimum atomic E-state index is -1.36. The van der Waals surface area contributed by atoms with Crippen LogP contribution in [0.4, 0.5) is 0 Å². The van der Waals surface area contributed by atoms with E-state index >= 15 is 0 Å². The van der Waals surface area contributed by atoms with Gasteiger partial charge in [0.1, 0.15) is 24.1 Å². The molecule has 1 aromatic carbocycles. The molecule has 1 aromatic rings. The number of hydrogen-bond donors (Lipinski definition) is 3. The first-order chi connectivity index (χ1) is 11.6. The highest BCUT2D eigenvalue weighted by Crippen LogP contribution is 2.41. The van der Waals surface area contributed by atoms with E-state index in [-0.39, 0.29) is 25.2 Å². The van der Waals surface area contributed by atoms with Gasteiger partial charge in [0.15, 0.2) is 0 Å². The molecule has 4 atom stereocenters. The second-order valence-corrected chi connectivity index (χ2v) is 5.92. The van der Waals surface area contributed by atoms with Gasteiger partial charge < -0.3 is 19.7 Å². The summed E-state index contributed by atoms with van der Waals surface area (Å²) in [5.74, 6) is 0.173. The molecule has 0 radical (unpaired) electrons. The number of aliphatic hydroxyl groups excluding tert-OH is 2. The maximum atomic E-state index is 10.5. The zero-order valence-electron chi connectivity index (χ0n) is 13.3. The SMILES string of the molecule is CO[C@@H]1CC(C#N)=C2OC1(NOCc1ccccc1)[C@@H](O)C[C@@H]2O. The molecule has 3 N–H and O–H groups in total. The molecule has 1 fully saturated rings. The largest absolute Gasteiger partial charge is 0.466 e. The Morgan fingerprint density at radius 2 is 2.12 bits per heavy atom. The topological polar surface area (TPSA) is 104 Å². The first-order valence-electron chi connectivity index (χ1n) is 7.74. The van der Waals surface area contributed by atoms with Crippen LogP contribution in [0, 0.1) is 11.3 Å². The molecule has 1 unspecified atom stereocenters. The lowest BCUT2D eigenvalue weighted by atomic mass is 9.83. The third kappa shape index (κ3) is 2.90. The second-order valence-electron chi connectivity index (χ2n) is 5.92. The molecule has 2 bridgehead atoms. The molecular formula is C17H20N2O5. The average molecular weight is 332 g/mol. The Bertz CT molecular complexity index is 657. The van der Waals surface area contributed by atoms with Crippen LogP contribution in [0.25, 0.3) is 0 Å². The van der Waals surface area contributed by atoms with Gasteiger partial charge in [0.05, 0.1) is 18.2 Å². The zero-order valence-corrected chi connectivity index (χ0v) is 13.3. The Hall–Kier alpha value is -1.95. The van der Waals surface area contributed by atoms with Gasteiger partial charge in [-0.25, -0.2) is 0 Å². The van der Waals surface area contributed by atoms with Gasteiger partial charge in [-0.3, -0.25) is 4.84 Å². The number of aliphatic hydroxyl groups is 2. The Balaban J connectivity index is 1.80. The van der Waals surface area contributed by atoms with Crippen LogP contribution >= 0.6 is 0 Å². The highest BCUT2D eigenvalue weighted by Gasteiger charge is 2.57. The number of fused-ring (bicyclic) bond motifs is 2. The number of hydroxylamine groups is 1. The summed E-state index contributed by atoms with van der Waals surface area (Å²) in [5.41, 5.74) is 2.69. The summed E-state index contributed by atoms with van der Waals surface area (Å²) >= 11 is 0. The third-order valence-corrected chi connectivity index (χ3v) is 4.42. The highest BCUT2D eigenvalue weighted by molar-refractivity contribution is 5.33. The van der Waals surface area contributed by atoms with Crippen LogP contribution in [0.15, 0.2) is 41.7 Å². The van der Waals surface area contributed by atoms with E-state index in [0.29, 0.717) is 5.57 Å². The Morgan fingerprint density at radius 1 is 1.38 bits per heavy atom. The molecule has 3 rings (SSSR count). The maximum absolute atomic E-state index is 10.5. The Morgan fingerprint density at radius 3 is 2.79 bits per heavy atom. The van der Waals surface area contributed by atoms with Gasteiger partial charge in [0, 0.05) is 20.0 Å². The Labute approximate surface area is 140 Å². The number of rotatable bonds is 5. The van der Waals surface area contributed by atoms with Crippen molar-refractivity contribution in [3.8, 4) is 6.07 Å². The van der Waals surface area contributed by atoms with Crippen LogP contribution in [-0.2, 0) is 20.9 Å². The number of benzene rings is 1. The quantitative estimate of drug-likeness (QED) is 0.683. The predicted molar refractivity (Wildman–Crippen MR) is 82.9 cm³/mol. The third-order valence-electron chi connectivity index (χ3n) is 4.42. The molecule has 0 aliphatic carbocycles. The fourth-order valence-corrected chi connectivity index (χ4v) is 3.11. The fraction of sp³-hybridized carbons (Fsp3) is 0.471. The number of nitrogens with one attached hydrogen (secondary N) is 1. The molecule has 128 valence electrons. The number of methoxy groups -OCH3 is 1. The van der Waals surface area contributed by atoms with Crippen LogP contribution in [0.5, 0.6) is 0 Å². The van der Waals surface area contributed by atoms with Crippen molar-refractivity contribution in [1.29, 1.82) is 5.26 Å². The van der Waals surface area contributed by atoms with E-state index in [1.807, 2.05) is 36.4 Å². The van der Waals surface area contributed by atoms with Crippen molar-refractivity contribution in [2.75, 3.05) is 7.11 Å². The van der Waals surface area contributed by atoms with Crippen molar-refractivity contribution in [3.63, 3.8) is 0 Å². The standard InChI is InChI=1S/C17H20N2O5/c1-22-15-7-12(9-18)16-13(20)8-14(21)17(15,24-16)19-23-10-11-5-3-2-4-6-11/h2-6,13-15,19-21H,7-8,10H2,1H3/t13-,14-,15+,17?/m0/s1. The van der Waals surface area contributed by atoms with Gasteiger partial charge >= 0.3 is 0 Å². The summed E-state index contributed by atoms with van der Waals surface area (Å²) in [6.07, 6.45) is -2.46. The van der Waals surface area contributed by atoms with Gasteiger partial charge in [-0.05, 0) is 5.56 Å². The molecular weight excluding hydrogens is 312 g/mol. The van der Waals surface area contributed by atoms with E-state index in [9.17, 15) is 15.5 Å². The molecule has 24 heavy (non-hydrogen) atoms. The molecule has 7 heteroatoms. The first kappa shape index (κ1) is 16.9. The highest BCUT2D eigenvalue weighted by atomic mass is 16.7. The minimum Gasteiger partial charge on any atom is -0.466 e. The van der Waals surface area contributed by atoms with Crippen molar-refractivity contribution in [3.05, 3.63) is 47.2 Å². The summed E-state index contributed by atoms with van der Waals surface area (Å²) in [5, 5.41) is 29.8. The van der Waals surface area contributed by atoms with Crippen molar-refractivity contribution >= 4 is 0 Å². The molecule has 0 aromatic heterocycles. The minimum absolute atomic E-state index is 0.0298. The first-order valence-corrected chi connectivity index (χ1v) is 7.74. The van der Waals surface area contributed by atoms with Gasteiger partial charge in [-0.15, -0.1) is 0 Å². The lowest BCUT2D eigenvalue weighted by molar-refractivity contribution is -0.277. The van der Waals surface area contributed by atoms with Gasteiger partial charge in [0.2, 0.25) is 5.72 Å². The van der Waals surface area contributed by atoms with E-state index in [0.717, 1.165) is 5.56 Å².